The Kier molecular flexibility index (Phi) is 28.3. The highest BCUT2D eigenvalue weighted by Crippen LogP contribution is 2.43. The van der Waals surface area contributed by atoms with Gasteiger partial charge in [0, 0.05) is 13.7 Å². The number of hydrogen-bond donors (Lipinski definition) is 1. The van der Waals surface area contributed by atoms with E-state index in [2.05, 4.69) is 19.1 Å². The second kappa shape index (κ2) is 28.5. The topological polar surface area (TPSA) is 74.2 Å². The predicted octanol–water partition coefficient (Wildman–Crippen LogP) is 9.24. The lowest BCUT2D eigenvalue weighted by atomic mass is 10.1. The first-order valence-electron chi connectivity index (χ1n) is 16.9. The van der Waals surface area contributed by atoms with E-state index < -0.39 is 13.9 Å². The summed E-state index contributed by atoms with van der Waals surface area (Å²) in [5.74, 6) is 0. The third kappa shape index (κ3) is 32.5. The van der Waals surface area contributed by atoms with Gasteiger partial charge in [-0.15, -0.1) is 0 Å². The molecule has 0 rings (SSSR count). The van der Waals surface area contributed by atoms with E-state index in [1.165, 1.54) is 122 Å². The molecule has 0 heterocycles. The van der Waals surface area contributed by atoms with Gasteiger partial charge in [0.2, 0.25) is 0 Å². The zero-order valence-corrected chi connectivity index (χ0v) is 28.7. The van der Waals surface area contributed by atoms with Crippen molar-refractivity contribution in [2.75, 3.05) is 61.2 Å². The summed E-state index contributed by atoms with van der Waals surface area (Å²) >= 11 is 0. The zero-order chi connectivity index (χ0) is 30.5. The Morgan fingerprint density at radius 3 is 1.59 bits per heavy atom. The summed E-state index contributed by atoms with van der Waals surface area (Å²) in [6.07, 6.45) is 31.1. The van der Waals surface area contributed by atoms with E-state index in [1.807, 2.05) is 21.1 Å². The standard InChI is InChI=1S/C33H68NO6P/c1-6-7-8-9-10-11-12-13-14-15-16-17-18-19-20-21-22-23-24-25-26-27-29-38-31-33(37-5)32-40-41(35,36)39-30-28-34(2,3)4/h16-17,33H,6-15,18-32H2,1-5H3/p+1/b17-16-/t33-/m1/s1. The molecule has 0 aliphatic heterocycles. The molecule has 7 nitrogen and oxygen atoms in total. The van der Waals surface area contributed by atoms with Crippen LogP contribution in [0.2, 0.25) is 0 Å². The van der Waals surface area contributed by atoms with Crippen LogP contribution in [-0.2, 0) is 23.1 Å². The van der Waals surface area contributed by atoms with E-state index in [-0.39, 0.29) is 13.2 Å². The van der Waals surface area contributed by atoms with Crippen LogP contribution in [-0.4, -0.2) is 76.7 Å². The number of phosphoric ester groups is 1. The van der Waals surface area contributed by atoms with Crippen molar-refractivity contribution in [2.24, 2.45) is 0 Å². The van der Waals surface area contributed by atoms with E-state index in [1.54, 1.807) is 7.11 Å². The molecule has 0 aromatic rings. The normalized spacial score (nSPS) is 14.6. The van der Waals surface area contributed by atoms with Crippen molar-refractivity contribution in [2.45, 2.75) is 141 Å². The van der Waals surface area contributed by atoms with Crippen molar-refractivity contribution in [1.29, 1.82) is 0 Å². The molecule has 0 amide bonds. The number of quaternary nitrogens is 1. The zero-order valence-electron chi connectivity index (χ0n) is 27.8. The van der Waals surface area contributed by atoms with Crippen LogP contribution in [0.1, 0.15) is 135 Å². The number of ether oxygens (including phenoxy) is 2. The smallest absolute Gasteiger partial charge is 0.379 e. The summed E-state index contributed by atoms with van der Waals surface area (Å²) < 4.78 is 33.8. The van der Waals surface area contributed by atoms with Gasteiger partial charge < -0.3 is 18.9 Å². The maximum absolute atomic E-state index is 12.0. The second-order valence-corrected chi connectivity index (χ2v) is 14.1. The Morgan fingerprint density at radius 1 is 0.659 bits per heavy atom. The lowest BCUT2D eigenvalue weighted by molar-refractivity contribution is -0.870. The summed E-state index contributed by atoms with van der Waals surface area (Å²) in [6, 6.07) is 0. The van der Waals surface area contributed by atoms with E-state index in [9.17, 15) is 9.46 Å². The number of likely N-dealkylation sites (N-methyl/N-ethyl adjacent to an activating group) is 1. The lowest BCUT2D eigenvalue weighted by Gasteiger charge is -2.24. The van der Waals surface area contributed by atoms with Crippen molar-refractivity contribution in [3.63, 3.8) is 0 Å². The van der Waals surface area contributed by atoms with Crippen LogP contribution in [0.3, 0.4) is 0 Å². The average molecular weight is 607 g/mol. The van der Waals surface area contributed by atoms with Gasteiger partial charge in [-0.05, 0) is 32.1 Å². The minimum Gasteiger partial charge on any atom is -0.379 e. The minimum absolute atomic E-state index is 0.0374. The molecular formula is C33H69NO6P+. The molecule has 0 saturated heterocycles. The Morgan fingerprint density at radius 2 is 1.12 bits per heavy atom. The van der Waals surface area contributed by atoms with Crippen LogP contribution in [0.5, 0.6) is 0 Å². The number of nitrogens with zero attached hydrogens (tertiary/aromatic N) is 1. The first-order chi connectivity index (χ1) is 19.7. The quantitative estimate of drug-likeness (QED) is 0.0356. The van der Waals surface area contributed by atoms with E-state index in [4.69, 9.17) is 18.5 Å². The molecular weight excluding hydrogens is 537 g/mol. The molecule has 41 heavy (non-hydrogen) atoms. The molecule has 1 unspecified atom stereocenters. The van der Waals surface area contributed by atoms with Gasteiger partial charge in [-0.25, -0.2) is 4.57 Å². The fraction of sp³-hybridized carbons (Fsp3) is 0.939. The third-order valence-electron chi connectivity index (χ3n) is 7.38. The molecule has 0 aromatic carbocycles. The fourth-order valence-corrected chi connectivity index (χ4v) is 5.30. The average Bonchev–Trinajstić information content (AvgIpc) is 2.91. The minimum atomic E-state index is -4.08. The molecule has 0 spiro atoms. The van der Waals surface area contributed by atoms with Crippen LogP contribution >= 0.6 is 7.82 Å². The van der Waals surface area contributed by atoms with Gasteiger partial charge in [-0.1, -0.05) is 115 Å². The first-order valence-corrected chi connectivity index (χ1v) is 18.4. The maximum atomic E-state index is 12.0. The van der Waals surface area contributed by atoms with Gasteiger partial charge >= 0.3 is 7.82 Å². The predicted molar refractivity (Wildman–Crippen MR) is 173 cm³/mol. The molecule has 0 fully saturated rings. The van der Waals surface area contributed by atoms with E-state index in [0.29, 0.717) is 24.2 Å². The van der Waals surface area contributed by atoms with Crippen LogP contribution < -0.4 is 0 Å². The fourth-order valence-electron chi connectivity index (χ4n) is 4.56. The number of allylic oxidation sites excluding steroid dienone is 2. The molecule has 0 saturated carbocycles. The van der Waals surface area contributed by atoms with Crippen LogP contribution in [0.15, 0.2) is 12.2 Å². The summed E-state index contributed by atoms with van der Waals surface area (Å²) in [5, 5.41) is 0. The maximum Gasteiger partial charge on any atom is 0.472 e. The van der Waals surface area contributed by atoms with Crippen molar-refractivity contribution in [3.8, 4) is 0 Å². The molecule has 0 aliphatic rings. The van der Waals surface area contributed by atoms with Crippen LogP contribution in [0.25, 0.3) is 0 Å². The molecule has 0 radical (unpaired) electrons. The third-order valence-corrected chi connectivity index (χ3v) is 8.36. The number of phosphoric acid groups is 1. The Bertz CT molecular complexity index is 625. The van der Waals surface area contributed by atoms with Crippen molar-refractivity contribution in [3.05, 3.63) is 12.2 Å². The molecule has 0 aromatic heterocycles. The van der Waals surface area contributed by atoms with Gasteiger partial charge in [0.05, 0.1) is 34.4 Å². The highest BCUT2D eigenvalue weighted by Gasteiger charge is 2.24. The summed E-state index contributed by atoms with van der Waals surface area (Å²) in [6.45, 7) is 4.02. The van der Waals surface area contributed by atoms with Crippen LogP contribution in [0, 0.1) is 0 Å². The van der Waals surface area contributed by atoms with Gasteiger partial charge in [0.25, 0.3) is 0 Å². The van der Waals surface area contributed by atoms with Crippen LogP contribution in [0.4, 0.5) is 0 Å². The molecule has 1 N–H and O–H groups in total. The monoisotopic (exact) mass is 606 g/mol. The molecule has 2 atom stereocenters. The SMILES string of the molecule is CCCCCCCCCCC/C=C\CCCCCCCCCCCOC[C@H](COP(=O)(O)OCC[N+](C)(C)C)OC. The van der Waals surface area contributed by atoms with Gasteiger partial charge in [-0.2, -0.15) is 0 Å². The Hall–Kier alpha value is -0.270. The van der Waals surface area contributed by atoms with Crippen molar-refractivity contribution in [1.82, 2.24) is 0 Å². The van der Waals surface area contributed by atoms with Gasteiger partial charge in [0.15, 0.2) is 0 Å². The number of methoxy groups -OCH3 is 1. The Labute approximate surface area is 254 Å². The van der Waals surface area contributed by atoms with E-state index >= 15 is 0 Å². The van der Waals surface area contributed by atoms with Crippen molar-refractivity contribution < 1.29 is 32.5 Å². The molecule has 246 valence electrons. The van der Waals surface area contributed by atoms with Crippen molar-refractivity contribution >= 4 is 7.82 Å². The van der Waals surface area contributed by atoms with Gasteiger partial charge in [0.1, 0.15) is 19.3 Å². The number of hydrogen-bond acceptors (Lipinski definition) is 5. The van der Waals surface area contributed by atoms with E-state index in [0.717, 1.165) is 6.42 Å². The summed E-state index contributed by atoms with van der Waals surface area (Å²) in [7, 11) is 3.45. The molecule has 8 heteroatoms. The Balaban J connectivity index is 3.44. The summed E-state index contributed by atoms with van der Waals surface area (Å²) in [5.41, 5.74) is 0. The number of rotatable bonds is 32. The summed E-state index contributed by atoms with van der Waals surface area (Å²) in [4.78, 5) is 9.82. The molecule has 0 aliphatic carbocycles. The second-order valence-electron chi connectivity index (χ2n) is 12.6. The van der Waals surface area contributed by atoms with Gasteiger partial charge in [-0.3, -0.25) is 9.05 Å². The lowest BCUT2D eigenvalue weighted by Crippen LogP contribution is -2.37. The highest BCUT2D eigenvalue weighted by molar-refractivity contribution is 7.47. The first kappa shape index (κ1) is 40.7. The number of unbranched alkanes of at least 4 members (excludes halogenated alkanes) is 18. The largest absolute Gasteiger partial charge is 0.472 e. The molecule has 0 bridgehead atoms. The highest BCUT2D eigenvalue weighted by atomic mass is 31.2.